The Hall–Kier alpha value is -2.44. The lowest BCUT2D eigenvalue weighted by Gasteiger charge is -2.21. The Bertz CT molecular complexity index is 541. The number of nitro groups is 1. The summed E-state index contributed by atoms with van der Waals surface area (Å²) >= 11 is 0. The number of aliphatic carboxylic acids is 1. The molecule has 1 amide bonds. The minimum atomic E-state index is -1.12. The highest BCUT2D eigenvalue weighted by Crippen LogP contribution is 2.19. The van der Waals surface area contributed by atoms with E-state index in [0.717, 1.165) is 4.90 Å². The molecule has 19 heavy (non-hydrogen) atoms. The van der Waals surface area contributed by atoms with Crippen LogP contribution in [-0.4, -0.2) is 39.9 Å². The lowest BCUT2D eigenvalue weighted by Crippen LogP contribution is -2.40. The fourth-order valence-electron chi connectivity index (χ4n) is 1.54. The van der Waals surface area contributed by atoms with Crippen LogP contribution in [-0.2, 0) is 4.79 Å². The van der Waals surface area contributed by atoms with E-state index in [4.69, 9.17) is 5.11 Å². The van der Waals surface area contributed by atoms with Gasteiger partial charge in [-0.15, -0.1) is 0 Å². The first-order valence-corrected chi connectivity index (χ1v) is 5.50. The molecule has 1 unspecified atom stereocenters. The second-order valence-corrected chi connectivity index (χ2v) is 4.19. The van der Waals surface area contributed by atoms with Crippen LogP contribution in [0.25, 0.3) is 0 Å². The van der Waals surface area contributed by atoms with Crippen LogP contribution in [0.5, 0.6) is 0 Å². The molecule has 1 rings (SSSR count). The molecular formula is C12H14N2O5. The van der Waals surface area contributed by atoms with Crippen LogP contribution in [0.15, 0.2) is 18.2 Å². The number of likely N-dealkylation sites (N-methyl/N-ethyl adjacent to an activating group) is 1. The summed E-state index contributed by atoms with van der Waals surface area (Å²) in [6.45, 7) is 2.91. The zero-order valence-electron chi connectivity index (χ0n) is 10.8. The molecule has 0 aliphatic rings. The molecule has 102 valence electrons. The Morgan fingerprint density at radius 2 is 2.00 bits per heavy atom. The SMILES string of the molecule is Cc1cc(C(=O)N(C)C(C)C(=O)O)ccc1[N+](=O)[O-]. The molecule has 0 aliphatic heterocycles. The molecule has 1 aromatic carbocycles. The van der Waals surface area contributed by atoms with Gasteiger partial charge in [0.1, 0.15) is 6.04 Å². The second-order valence-electron chi connectivity index (χ2n) is 4.19. The Kier molecular flexibility index (Phi) is 4.21. The first kappa shape index (κ1) is 14.6. The summed E-state index contributed by atoms with van der Waals surface area (Å²) in [5.41, 5.74) is 0.497. The van der Waals surface area contributed by atoms with E-state index in [1.54, 1.807) is 0 Å². The smallest absolute Gasteiger partial charge is 0.326 e. The lowest BCUT2D eigenvalue weighted by atomic mass is 10.1. The third-order valence-electron chi connectivity index (χ3n) is 2.90. The van der Waals surface area contributed by atoms with Crippen molar-refractivity contribution in [1.29, 1.82) is 0 Å². The summed E-state index contributed by atoms with van der Waals surface area (Å²) in [6.07, 6.45) is 0. The lowest BCUT2D eigenvalue weighted by molar-refractivity contribution is -0.385. The van der Waals surface area contributed by atoms with Gasteiger partial charge in [0.25, 0.3) is 11.6 Å². The fourth-order valence-corrected chi connectivity index (χ4v) is 1.54. The average Bonchev–Trinajstić information content (AvgIpc) is 2.35. The highest BCUT2D eigenvalue weighted by atomic mass is 16.6. The van der Waals surface area contributed by atoms with E-state index < -0.39 is 22.8 Å². The molecule has 0 aliphatic carbocycles. The number of amides is 1. The van der Waals surface area contributed by atoms with E-state index in [2.05, 4.69) is 0 Å². The predicted molar refractivity (Wildman–Crippen MR) is 67.0 cm³/mol. The molecular weight excluding hydrogens is 252 g/mol. The Labute approximate surface area is 109 Å². The number of carbonyl (C=O) groups excluding carboxylic acids is 1. The molecule has 0 bridgehead atoms. The molecule has 7 nitrogen and oxygen atoms in total. The number of carbonyl (C=O) groups is 2. The van der Waals surface area contributed by atoms with Crippen molar-refractivity contribution in [3.05, 3.63) is 39.4 Å². The number of carboxylic acid groups (broad SMARTS) is 1. The van der Waals surface area contributed by atoms with Gasteiger partial charge in [0.05, 0.1) is 4.92 Å². The van der Waals surface area contributed by atoms with Crippen LogP contribution in [0.4, 0.5) is 5.69 Å². The van der Waals surface area contributed by atoms with Crippen molar-refractivity contribution >= 4 is 17.6 Å². The van der Waals surface area contributed by atoms with Crippen molar-refractivity contribution in [3.63, 3.8) is 0 Å². The van der Waals surface area contributed by atoms with Crippen LogP contribution in [0, 0.1) is 17.0 Å². The van der Waals surface area contributed by atoms with E-state index >= 15 is 0 Å². The number of nitrogens with zero attached hydrogens (tertiary/aromatic N) is 2. The third-order valence-corrected chi connectivity index (χ3v) is 2.90. The number of carboxylic acids is 1. The fraction of sp³-hybridized carbons (Fsp3) is 0.333. The van der Waals surface area contributed by atoms with E-state index in [0.29, 0.717) is 5.56 Å². The maximum atomic E-state index is 12.0. The molecule has 0 saturated heterocycles. The van der Waals surface area contributed by atoms with Gasteiger partial charge >= 0.3 is 5.97 Å². The Balaban J connectivity index is 3.04. The summed E-state index contributed by atoms with van der Waals surface area (Å²) in [5, 5.41) is 19.5. The van der Waals surface area contributed by atoms with Crippen molar-refractivity contribution in [2.45, 2.75) is 19.9 Å². The largest absolute Gasteiger partial charge is 0.480 e. The van der Waals surface area contributed by atoms with Gasteiger partial charge in [-0.2, -0.15) is 0 Å². The molecule has 0 aromatic heterocycles. The molecule has 1 N–H and O–H groups in total. The molecule has 1 aromatic rings. The van der Waals surface area contributed by atoms with Crippen LogP contribution in [0.3, 0.4) is 0 Å². The molecule has 0 fully saturated rings. The van der Waals surface area contributed by atoms with E-state index in [1.807, 2.05) is 0 Å². The van der Waals surface area contributed by atoms with Crippen LogP contribution >= 0.6 is 0 Å². The number of hydrogen-bond donors (Lipinski definition) is 1. The van der Waals surface area contributed by atoms with Gasteiger partial charge in [0.2, 0.25) is 0 Å². The first-order valence-electron chi connectivity index (χ1n) is 5.50. The maximum Gasteiger partial charge on any atom is 0.326 e. The minimum absolute atomic E-state index is 0.0783. The molecule has 1 atom stereocenters. The molecule has 0 saturated carbocycles. The van der Waals surface area contributed by atoms with Gasteiger partial charge < -0.3 is 10.0 Å². The number of aryl methyl sites for hydroxylation is 1. The standard InChI is InChI=1S/C12H14N2O5/c1-7-6-9(4-5-10(7)14(18)19)11(15)13(3)8(2)12(16)17/h4-6,8H,1-3H3,(H,16,17). The Morgan fingerprint density at radius 3 is 2.42 bits per heavy atom. The van der Waals surface area contributed by atoms with Crippen molar-refractivity contribution in [2.75, 3.05) is 7.05 Å². The second kappa shape index (κ2) is 5.47. The van der Waals surface area contributed by atoms with Crippen molar-refractivity contribution in [2.24, 2.45) is 0 Å². The van der Waals surface area contributed by atoms with Gasteiger partial charge in [0, 0.05) is 24.2 Å². The third kappa shape index (κ3) is 3.06. The molecule has 7 heteroatoms. The number of rotatable bonds is 4. The molecule has 0 spiro atoms. The van der Waals surface area contributed by atoms with Crippen molar-refractivity contribution < 1.29 is 19.6 Å². The van der Waals surface area contributed by atoms with Crippen molar-refractivity contribution in [3.8, 4) is 0 Å². The number of hydrogen-bond acceptors (Lipinski definition) is 4. The summed E-state index contributed by atoms with van der Waals surface area (Å²) in [4.78, 5) is 34.0. The van der Waals surface area contributed by atoms with Crippen LogP contribution < -0.4 is 0 Å². The van der Waals surface area contributed by atoms with Crippen LogP contribution in [0.1, 0.15) is 22.8 Å². The minimum Gasteiger partial charge on any atom is -0.480 e. The number of nitro benzene ring substituents is 1. The van der Waals surface area contributed by atoms with Crippen LogP contribution in [0.2, 0.25) is 0 Å². The predicted octanol–water partition coefficient (Wildman–Crippen LogP) is 1.45. The molecule has 0 heterocycles. The van der Waals surface area contributed by atoms with E-state index in [-0.39, 0.29) is 11.3 Å². The van der Waals surface area contributed by atoms with Gasteiger partial charge in [-0.05, 0) is 26.0 Å². The van der Waals surface area contributed by atoms with Gasteiger partial charge in [0.15, 0.2) is 0 Å². The summed E-state index contributed by atoms with van der Waals surface area (Å²) < 4.78 is 0. The van der Waals surface area contributed by atoms with Gasteiger partial charge in [-0.3, -0.25) is 14.9 Å². The zero-order chi connectivity index (χ0) is 14.7. The maximum absolute atomic E-state index is 12.0. The topological polar surface area (TPSA) is 101 Å². The summed E-state index contributed by atoms with van der Waals surface area (Å²) in [6, 6.07) is 2.97. The van der Waals surface area contributed by atoms with E-state index in [1.165, 1.54) is 39.1 Å². The molecule has 0 radical (unpaired) electrons. The normalized spacial score (nSPS) is 11.7. The highest BCUT2D eigenvalue weighted by Gasteiger charge is 2.23. The summed E-state index contributed by atoms with van der Waals surface area (Å²) in [5.74, 6) is -1.61. The first-order chi connectivity index (χ1) is 8.75. The quantitative estimate of drug-likeness (QED) is 0.656. The Morgan fingerprint density at radius 1 is 1.42 bits per heavy atom. The average molecular weight is 266 g/mol. The zero-order valence-corrected chi connectivity index (χ0v) is 10.8. The monoisotopic (exact) mass is 266 g/mol. The highest BCUT2D eigenvalue weighted by molar-refractivity contribution is 5.96. The van der Waals surface area contributed by atoms with Gasteiger partial charge in [-0.1, -0.05) is 0 Å². The van der Waals surface area contributed by atoms with Gasteiger partial charge in [-0.25, -0.2) is 4.79 Å². The van der Waals surface area contributed by atoms with E-state index in [9.17, 15) is 19.7 Å². The number of benzene rings is 1. The summed E-state index contributed by atoms with van der Waals surface area (Å²) in [7, 11) is 1.37. The van der Waals surface area contributed by atoms with Crippen molar-refractivity contribution in [1.82, 2.24) is 4.90 Å².